The molecule has 0 aliphatic rings. The first kappa shape index (κ1) is 17.5. The average Bonchev–Trinajstić information content (AvgIpc) is 2.83. The molecule has 8 heteroatoms. The van der Waals surface area contributed by atoms with E-state index >= 15 is 0 Å². The summed E-state index contributed by atoms with van der Waals surface area (Å²) in [6.07, 6.45) is -2.72. The summed E-state index contributed by atoms with van der Waals surface area (Å²) in [5.74, 6) is -0.526. The Labute approximate surface area is 149 Å². The predicted molar refractivity (Wildman–Crippen MR) is 91.8 cm³/mol. The number of alkyl halides is 3. The number of aromatic nitrogens is 2. The van der Waals surface area contributed by atoms with Crippen LogP contribution < -0.4 is 5.32 Å². The number of nitrogens with one attached hydrogen (secondary N) is 1. The molecule has 3 rings (SSSR count). The van der Waals surface area contributed by atoms with Crippen LogP contribution in [-0.4, -0.2) is 15.3 Å². The van der Waals surface area contributed by atoms with E-state index in [1.807, 2.05) is 13.0 Å². The summed E-state index contributed by atoms with van der Waals surface area (Å²) < 4.78 is 40.8. The highest BCUT2D eigenvalue weighted by molar-refractivity contribution is 9.10. The number of carbonyl (C=O) groups is 1. The van der Waals surface area contributed by atoms with E-state index in [1.165, 1.54) is 12.1 Å². The zero-order chi connectivity index (χ0) is 18.4. The molecule has 1 aromatic carbocycles. The SMILES string of the molecule is Cc1cc(Br)c2nc(C)c(C(=O)Nc3cccc(C(F)(F)F)c3)n2c1. The summed E-state index contributed by atoms with van der Waals surface area (Å²) in [5.41, 5.74) is 1.48. The Morgan fingerprint density at radius 3 is 2.64 bits per heavy atom. The Kier molecular flexibility index (Phi) is 4.32. The smallest absolute Gasteiger partial charge is 0.321 e. The number of hydrogen-bond acceptors (Lipinski definition) is 2. The lowest BCUT2D eigenvalue weighted by Gasteiger charge is -2.10. The first-order valence-electron chi connectivity index (χ1n) is 7.30. The summed E-state index contributed by atoms with van der Waals surface area (Å²) in [5, 5.41) is 2.51. The zero-order valence-corrected chi connectivity index (χ0v) is 14.9. The summed E-state index contributed by atoms with van der Waals surface area (Å²) >= 11 is 3.40. The molecule has 2 aromatic heterocycles. The Hall–Kier alpha value is -2.35. The monoisotopic (exact) mass is 411 g/mol. The fraction of sp³-hybridized carbons (Fsp3) is 0.176. The van der Waals surface area contributed by atoms with Gasteiger partial charge in [-0.3, -0.25) is 9.20 Å². The van der Waals surface area contributed by atoms with Gasteiger partial charge in [-0.25, -0.2) is 4.98 Å². The summed E-state index contributed by atoms with van der Waals surface area (Å²) in [4.78, 5) is 17.0. The molecule has 0 atom stereocenters. The van der Waals surface area contributed by atoms with Gasteiger partial charge in [0, 0.05) is 11.9 Å². The molecule has 2 heterocycles. The molecule has 1 N–H and O–H groups in total. The van der Waals surface area contributed by atoms with Gasteiger partial charge in [-0.2, -0.15) is 13.2 Å². The van der Waals surface area contributed by atoms with Gasteiger partial charge in [-0.15, -0.1) is 0 Å². The van der Waals surface area contributed by atoms with Gasteiger partial charge < -0.3 is 5.32 Å². The lowest BCUT2D eigenvalue weighted by atomic mass is 10.2. The summed E-state index contributed by atoms with van der Waals surface area (Å²) in [6.45, 7) is 3.55. The van der Waals surface area contributed by atoms with E-state index in [0.717, 1.165) is 22.2 Å². The molecule has 0 saturated heterocycles. The molecular weight excluding hydrogens is 399 g/mol. The highest BCUT2D eigenvalue weighted by atomic mass is 79.9. The molecule has 0 radical (unpaired) electrons. The number of imidazole rings is 1. The Balaban J connectivity index is 2.00. The number of carbonyl (C=O) groups excluding carboxylic acids is 1. The van der Waals surface area contributed by atoms with E-state index in [4.69, 9.17) is 0 Å². The number of benzene rings is 1. The van der Waals surface area contributed by atoms with Crippen molar-refractivity contribution in [2.24, 2.45) is 0 Å². The van der Waals surface area contributed by atoms with Crippen LogP contribution >= 0.6 is 15.9 Å². The third-order valence-corrected chi connectivity index (χ3v) is 4.23. The predicted octanol–water partition coefficient (Wildman–Crippen LogP) is 4.98. The number of anilines is 1. The minimum atomic E-state index is -4.47. The van der Waals surface area contributed by atoms with Crippen LogP contribution in [0.25, 0.3) is 5.65 Å². The van der Waals surface area contributed by atoms with E-state index in [1.54, 1.807) is 17.5 Å². The highest BCUT2D eigenvalue weighted by Crippen LogP contribution is 2.31. The van der Waals surface area contributed by atoms with Crippen LogP contribution in [0.4, 0.5) is 18.9 Å². The lowest BCUT2D eigenvalue weighted by Crippen LogP contribution is -2.16. The van der Waals surface area contributed by atoms with Gasteiger partial charge >= 0.3 is 6.18 Å². The standard InChI is InChI=1S/C17H13BrF3N3O/c1-9-6-13(18)15-22-10(2)14(24(15)8-9)16(25)23-12-5-3-4-11(7-12)17(19,20)21/h3-8H,1-2H3,(H,23,25). The first-order chi connectivity index (χ1) is 11.7. The molecule has 0 unspecified atom stereocenters. The van der Waals surface area contributed by atoms with Crippen molar-refractivity contribution >= 4 is 33.2 Å². The fourth-order valence-corrected chi connectivity index (χ4v) is 3.22. The molecule has 4 nitrogen and oxygen atoms in total. The first-order valence-corrected chi connectivity index (χ1v) is 8.09. The molecule has 1 amide bonds. The van der Waals surface area contributed by atoms with Gasteiger partial charge in [0.15, 0.2) is 5.65 Å². The quantitative estimate of drug-likeness (QED) is 0.645. The minimum Gasteiger partial charge on any atom is -0.321 e. The maximum atomic E-state index is 12.8. The fourth-order valence-electron chi connectivity index (χ4n) is 2.58. The molecule has 0 aliphatic heterocycles. The number of nitrogens with zero attached hydrogens (tertiary/aromatic N) is 2. The van der Waals surface area contributed by atoms with Gasteiger partial charge in [-0.1, -0.05) is 6.07 Å². The van der Waals surface area contributed by atoms with Crippen molar-refractivity contribution in [2.75, 3.05) is 5.32 Å². The lowest BCUT2D eigenvalue weighted by molar-refractivity contribution is -0.137. The molecule has 3 aromatic rings. The zero-order valence-electron chi connectivity index (χ0n) is 13.3. The van der Waals surface area contributed by atoms with Crippen LogP contribution in [0.15, 0.2) is 41.0 Å². The van der Waals surface area contributed by atoms with E-state index < -0.39 is 17.6 Å². The molecule has 25 heavy (non-hydrogen) atoms. The number of hydrogen-bond donors (Lipinski definition) is 1. The van der Waals surface area contributed by atoms with Crippen LogP contribution in [0.2, 0.25) is 0 Å². The summed E-state index contributed by atoms with van der Waals surface area (Å²) in [6, 6.07) is 6.39. The van der Waals surface area contributed by atoms with Crippen molar-refractivity contribution in [3.63, 3.8) is 0 Å². The van der Waals surface area contributed by atoms with Gasteiger partial charge in [0.2, 0.25) is 0 Å². The van der Waals surface area contributed by atoms with Gasteiger partial charge in [0.05, 0.1) is 15.7 Å². The molecule has 0 saturated carbocycles. The van der Waals surface area contributed by atoms with E-state index in [0.29, 0.717) is 11.3 Å². The van der Waals surface area contributed by atoms with Crippen molar-refractivity contribution < 1.29 is 18.0 Å². The van der Waals surface area contributed by atoms with Crippen molar-refractivity contribution in [3.05, 3.63) is 63.5 Å². The number of halogens is 4. The van der Waals surface area contributed by atoms with Crippen LogP contribution in [0.1, 0.15) is 27.3 Å². The molecule has 0 bridgehead atoms. The Morgan fingerprint density at radius 1 is 1.24 bits per heavy atom. The topological polar surface area (TPSA) is 46.4 Å². The second kappa shape index (κ2) is 6.18. The maximum absolute atomic E-state index is 12.8. The Morgan fingerprint density at radius 2 is 1.96 bits per heavy atom. The van der Waals surface area contributed by atoms with Crippen molar-refractivity contribution in [3.8, 4) is 0 Å². The number of amides is 1. The van der Waals surface area contributed by atoms with E-state index in [-0.39, 0.29) is 11.4 Å². The summed E-state index contributed by atoms with van der Waals surface area (Å²) in [7, 11) is 0. The van der Waals surface area contributed by atoms with Gasteiger partial charge in [0.25, 0.3) is 5.91 Å². The maximum Gasteiger partial charge on any atom is 0.416 e. The molecular formula is C17H13BrF3N3O. The van der Waals surface area contributed by atoms with Crippen molar-refractivity contribution in [1.29, 1.82) is 0 Å². The number of aryl methyl sites for hydroxylation is 2. The second-order valence-corrected chi connectivity index (χ2v) is 6.49. The molecule has 0 fully saturated rings. The van der Waals surface area contributed by atoms with Crippen LogP contribution in [0.5, 0.6) is 0 Å². The largest absolute Gasteiger partial charge is 0.416 e. The second-order valence-electron chi connectivity index (χ2n) is 5.64. The third-order valence-electron chi connectivity index (χ3n) is 3.65. The average molecular weight is 412 g/mol. The molecule has 0 spiro atoms. The third kappa shape index (κ3) is 3.39. The van der Waals surface area contributed by atoms with Crippen LogP contribution in [-0.2, 0) is 6.18 Å². The van der Waals surface area contributed by atoms with E-state index in [2.05, 4.69) is 26.2 Å². The number of rotatable bonds is 2. The van der Waals surface area contributed by atoms with Crippen molar-refractivity contribution in [2.45, 2.75) is 20.0 Å². The van der Waals surface area contributed by atoms with E-state index in [9.17, 15) is 18.0 Å². The van der Waals surface area contributed by atoms with Crippen LogP contribution in [0, 0.1) is 13.8 Å². The highest BCUT2D eigenvalue weighted by Gasteiger charge is 2.30. The molecule has 0 aliphatic carbocycles. The van der Waals surface area contributed by atoms with Gasteiger partial charge in [0.1, 0.15) is 5.69 Å². The number of fused-ring (bicyclic) bond motifs is 1. The minimum absolute atomic E-state index is 0.0703. The number of pyridine rings is 1. The normalized spacial score (nSPS) is 11.8. The van der Waals surface area contributed by atoms with Crippen molar-refractivity contribution in [1.82, 2.24) is 9.38 Å². The van der Waals surface area contributed by atoms with Gasteiger partial charge in [-0.05, 0) is 59.6 Å². The van der Waals surface area contributed by atoms with Crippen LogP contribution in [0.3, 0.4) is 0 Å². The molecule has 130 valence electrons. The Bertz CT molecular complexity index is 979.